The second-order valence-corrected chi connectivity index (χ2v) is 11.8. The predicted octanol–water partition coefficient (Wildman–Crippen LogP) is 3.59. The van der Waals surface area contributed by atoms with Crippen molar-refractivity contribution in [3.05, 3.63) is 58.5 Å². The minimum Gasteiger partial charge on any atom is -0.389 e. The number of carbonyl (C=O) groups excluding carboxylic acids is 1. The molecule has 1 aromatic carbocycles. The molecule has 2 aliphatic rings. The molecule has 2 aliphatic heterocycles. The van der Waals surface area contributed by atoms with Crippen molar-refractivity contribution in [2.75, 3.05) is 62.7 Å². The van der Waals surface area contributed by atoms with Gasteiger partial charge in [-0.25, -0.2) is 18.3 Å². The molecule has 13 heteroatoms. The standard InChI is InChI=1S/C30H32F2N8O2S/c1-3-24-29(36(2)30-34-28(26(15-33)43-30)19-4-6-20(32)7-5-19)25-13-21(12-22(14-31)40(25)35-24)38-10-8-37(9-11-38)18-27(42)39-16-23(41)17-39/h4-7,12-13,23,41H,3,8-11,14,16-18H2,1-2H3. The van der Waals surface area contributed by atoms with E-state index < -0.39 is 12.8 Å². The molecule has 5 heterocycles. The molecule has 0 aliphatic carbocycles. The average molecular weight is 607 g/mol. The number of alkyl halides is 1. The first-order valence-corrected chi connectivity index (χ1v) is 15.1. The maximum Gasteiger partial charge on any atom is 0.236 e. The van der Waals surface area contributed by atoms with Gasteiger partial charge in [-0.15, -0.1) is 0 Å². The van der Waals surface area contributed by atoms with Crippen LogP contribution >= 0.6 is 11.3 Å². The summed E-state index contributed by atoms with van der Waals surface area (Å²) in [4.78, 5) is 25.5. The zero-order chi connectivity index (χ0) is 30.2. The normalized spacial score (nSPS) is 16.0. The first-order valence-electron chi connectivity index (χ1n) is 14.2. The van der Waals surface area contributed by atoms with Crippen molar-refractivity contribution in [1.82, 2.24) is 24.4 Å². The number of nitrogens with zero attached hydrogens (tertiary/aromatic N) is 8. The molecule has 10 nitrogen and oxygen atoms in total. The zero-order valence-electron chi connectivity index (χ0n) is 24.0. The lowest BCUT2D eigenvalue weighted by Crippen LogP contribution is -2.57. The zero-order valence-corrected chi connectivity index (χ0v) is 24.8. The number of fused-ring (bicyclic) bond motifs is 1. The highest BCUT2D eigenvalue weighted by Gasteiger charge is 2.31. The Labute approximate surface area is 252 Å². The summed E-state index contributed by atoms with van der Waals surface area (Å²) in [6, 6.07) is 11.9. The van der Waals surface area contributed by atoms with Crippen molar-refractivity contribution in [1.29, 1.82) is 5.26 Å². The van der Waals surface area contributed by atoms with Gasteiger partial charge in [0.2, 0.25) is 5.91 Å². The number of thiazole rings is 1. The van der Waals surface area contributed by atoms with Crippen molar-refractivity contribution >= 4 is 39.3 Å². The van der Waals surface area contributed by atoms with E-state index in [9.17, 15) is 23.9 Å². The van der Waals surface area contributed by atoms with E-state index in [-0.39, 0.29) is 11.7 Å². The summed E-state index contributed by atoms with van der Waals surface area (Å²) >= 11 is 1.24. The van der Waals surface area contributed by atoms with Crippen LogP contribution in [0.5, 0.6) is 0 Å². The molecule has 0 radical (unpaired) electrons. The number of halogens is 2. The number of amides is 1. The molecule has 0 atom stereocenters. The fraction of sp³-hybridized carbons (Fsp3) is 0.400. The number of hydrogen-bond donors (Lipinski definition) is 1. The number of β-amino-alcohol motifs (C(OH)–C–C–N with tert-alkyl or cyclic N) is 1. The van der Waals surface area contributed by atoms with E-state index in [2.05, 4.69) is 15.9 Å². The van der Waals surface area contributed by atoms with Crippen molar-refractivity contribution in [2.45, 2.75) is 26.1 Å². The molecule has 2 fully saturated rings. The van der Waals surface area contributed by atoms with E-state index in [1.807, 2.05) is 31.0 Å². The summed E-state index contributed by atoms with van der Waals surface area (Å²) in [6.45, 7) is 5.15. The Hall–Kier alpha value is -4.12. The number of aromatic nitrogens is 3. The number of rotatable bonds is 8. The largest absolute Gasteiger partial charge is 0.389 e. The maximum absolute atomic E-state index is 14.4. The smallest absolute Gasteiger partial charge is 0.236 e. The van der Waals surface area contributed by atoms with Crippen LogP contribution in [0.1, 0.15) is 23.2 Å². The molecule has 4 aromatic rings. The number of likely N-dealkylation sites (tertiary alicyclic amines) is 1. The predicted molar refractivity (Wildman–Crippen MR) is 161 cm³/mol. The van der Waals surface area contributed by atoms with E-state index in [1.165, 1.54) is 23.5 Å². The van der Waals surface area contributed by atoms with Crippen LogP contribution in [0.4, 0.5) is 25.3 Å². The molecule has 0 spiro atoms. The summed E-state index contributed by atoms with van der Waals surface area (Å²) in [6.07, 6.45) is 0.187. The van der Waals surface area contributed by atoms with Crippen molar-refractivity contribution in [3.8, 4) is 17.3 Å². The highest BCUT2D eigenvalue weighted by atomic mass is 32.1. The van der Waals surface area contributed by atoms with Gasteiger partial charge in [0.05, 0.1) is 35.2 Å². The Kier molecular flexibility index (Phi) is 8.00. The maximum atomic E-state index is 14.4. The van der Waals surface area contributed by atoms with Gasteiger partial charge in [-0.3, -0.25) is 9.69 Å². The molecule has 1 N–H and O–H groups in total. The number of hydrogen-bond acceptors (Lipinski definition) is 9. The number of anilines is 3. The summed E-state index contributed by atoms with van der Waals surface area (Å²) in [5, 5.41) is 24.6. The quantitative estimate of drug-likeness (QED) is 0.325. The van der Waals surface area contributed by atoms with Crippen molar-refractivity contribution < 1.29 is 18.7 Å². The van der Waals surface area contributed by atoms with Crippen LogP contribution in [0.2, 0.25) is 0 Å². The van der Waals surface area contributed by atoms with Crippen LogP contribution in [-0.2, 0) is 17.9 Å². The van der Waals surface area contributed by atoms with E-state index in [0.717, 1.165) is 22.6 Å². The number of pyridine rings is 1. The molecule has 224 valence electrons. The molecule has 2 saturated heterocycles. The average Bonchev–Trinajstić information content (AvgIpc) is 3.61. The minimum atomic E-state index is -0.695. The molecule has 3 aromatic heterocycles. The lowest BCUT2D eigenvalue weighted by molar-refractivity contribution is -0.142. The highest BCUT2D eigenvalue weighted by Crippen LogP contribution is 2.39. The molecule has 0 saturated carbocycles. The fourth-order valence-corrected chi connectivity index (χ4v) is 6.51. The lowest BCUT2D eigenvalue weighted by atomic mass is 10.1. The number of carbonyl (C=O) groups is 1. The summed E-state index contributed by atoms with van der Waals surface area (Å²) in [5.74, 6) is -0.334. The molecule has 1 amide bonds. The first-order chi connectivity index (χ1) is 20.8. The van der Waals surface area contributed by atoms with Gasteiger partial charge in [-0.2, -0.15) is 10.4 Å². The third kappa shape index (κ3) is 5.53. The number of aryl methyl sites for hydroxylation is 1. The molecule has 0 bridgehead atoms. The van der Waals surface area contributed by atoms with Gasteiger partial charge >= 0.3 is 0 Å². The van der Waals surface area contributed by atoms with E-state index in [4.69, 9.17) is 10.1 Å². The number of piperazine rings is 1. The molecule has 0 unspecified atom stereocenters. The third-order valence-corrected chi connectivity index (χ3v) is 9.11. The second kappa shape index (κ2) is 11.9. The van der Waals surface area contributed by atoms with Crippen LogP contribution in [0.25, 0.3) is 16.8 Å². The van der Waals surface area contributed by atoms with Crippen molar-refractivity contribution in [3.63, 3.8) is 0 Å². The van der Waals surface area contributed by atoms with Gasteiger partial charge in [0.25, 0.3) is 0 Å². The summed E-state index contributed by atoms with van der Waals surface area (Å²) in [7, 11) is 1.86. The molecular formula is C30H32F2N8O2S. The van der Waals surface area contributed by atoms with E-state index in [0.29, 0.717) is 79.2 Å². The highest BCUT2D eigenvalue weighted by molar-refractivity contribution is 7.16. The Morgan fingerprint density at radius 1 is 1.19 bits per heavy atom. The molecule has 6 rings (SSSR count). The first kappa shape index (κ1) is 29.0. The Bertz CT molecular complexity index is 1680. The Balaban J connectivity index is 1.29. The van der Waals surface area contributed by atoms with Gasteiger partial charge in [-0.1, -0.05) is 18.3 Å². The van der Waals surface area contributed by atoms with Crippen molar-refractivity contribution in [2.24, 2.45) is 0 Å². The van der Waals surface area contributed by atoms with Gasteiger partial charge < -0.3 is 19.8 Å². The lowest BCUT2D eigenvalue weighted by Gasteiger charge is -2.39. The Morgan fingerprint density at radius 2 is 1.91 bits per heavy atom. The fourth-order valence-electron chi connectivity index (χ4n) is 5.66. The summed E-state index contributed by atoms with van der Waals surface area (Å²) in [5.41, 5.74) is 4.72. The Morgan fingerprint density at radius 3 is 2.53 bits per heavy atom. The van der Waals surface area contributed by atoms with Gasteiger partial charge in [0.1, 0.15) is 29.1 Å². The third-order valence-electron chi connectivity index (χ3n) is 8.08. The minimum absolute atomic E-state index is 0.0308. The van der Waals surface area contributed by atoms with Crippen LogP contribution in [0.3, 0.4) is 0 Å². The number of aliphatic hydroxyl groups is 1. The van der Waals surface area contributed by atoms with E-state index in [1.54, 1.807) is 21.5 Å². The SMILES string of the molecule is CCc1nn2c(CF)cc(N3CCN(CC(=O)N4CC(O)C4)CC3)cc2c1N(C)c1nc(-c2ccc(F)cc2)c(C#N)s1. The topological polar surface area (TPSA) is 104 Å². The van der Waals surface area contributed by atoms with Gasteiger partial charge in [-0.05, 0) is 42.8 Å². The van der Waals surface area contributed by atoms with Crippen LogP contribution in [0.15, 0.2) is 36.4 Å². The number of benzene rings is 1. The van der Waals surface area contributed by atoms with Gasteiger partial charge in [0.15, 0.2) is 5.13 Å². The number of nitriles is 1. The monoisotopic (exact) mass is 606 g/mol. The number of aliphatic hydroxyl groups excluding tert-OH is 1. The van der Waals surface area contributed by atoms with Crippen LogP contribution < -0.4 is 9.80 Å². The van der Waals surface area contributed by atoms with Crippen LogP contribution in [0, 0.1) is 17.1 Å². The summed E-state index contributed by atoms with van der Waals surface area (Å²) < 4.78 is 29.6. The van der Waals surface area contributed by atoms with E-state index >= 15 is 0 Å². The molecular weight excluding hydrogens is 574 g/mol. The van der Waals surface area contributed by atoms with Gasteiger partial charge in [0, 0.05) is 57.6 Å². The van der Waals surface area contributed by atoms with Crippen LogP contribution in [-0.4, -0.2) is 94.4 Å². The molecule has 43 heavy (non-hydrogen) atoms. The second-order valence-electron chi connectivity index (χ2n) is 10.9.